The van der Waals surface area contributed by atoms with Crippen LogP contribution in [-0.2, 0) is 4.74 Å². The van der Waals surface area contributed by atoms with Gasteiger partial charge in [0.05, 0.1) is 6.61 Å². The number of nitrogens with zero attached hydrogens (tertiary/aromatic N) is 3. The maximum atomic E-state index is 11.4. The first-order chi connectivity index (χ1) is 10.1. The SMILES string of the molecule is COCCN(C)CCNc1nc2ccccn2c1C(=O)O. The van der Waals surface area contributed by atoms with Gasteiger partial charge in [-0.1, -0.05) is 6.07 Å². The quantitative estimate of drug-likeness (QED) is 0.756. The van der Waals surface area contributed by atoms with Gasteiger partial charge in [0.25, 0.3) is 0 Å². The summed E-state index contributed by atoms with van der Waals surface area (Å²) in [5, 5.41) is 12.4. The van der Waals surface area contributed by atoms with Gasteiger partial charge in [-0.2, -0.15) is 0 Å². The Morgan fingerprint density at radius 3 is 3.00 bits per heavy atom. The highest BCUT2D eigenvalue weighted by atomic mass is 16.5. The summed E-state index contributed by atoms with van der Waals surface area (Å²) < 4.78 is 6.58. The largest absolute Gasteiger partial charge is 0.476 e. The third-order valence-electron chi connectivity index (χ3n) is 3.20. The van der Waals surface area contributed by atoms with Crippen LogP contribution in [0.4, 0.5) is 5.82 Å². The Kier molecular flexibility index (Phi) is 5.13. The van der Waals surface area contributed by atoms with Crippen molar-refractivity contribution in [3.63, 3.8) is 0 Å². The minimum absolute atomic E-state index is 0.158. The van der Waals surface area contributed by atoms with Crippen molar-refractivity contribution < 1.29 is 14.6 Å². The number of methoxy groups -OCH3 is 1. The third-order valence-corrected chi connectivity index (χ3v) is 3.20. The predicted octanol–water partition coefficient (Wildman–Crippen LogP) is 1.02. The van der Waals surface area contributed by atoms with E-state index in [0.717, 1.165) is 13.1 Å². The molecule has 0 radical (unpaired) electrons. The van der Waals surface area contributed by atoms with E-state index in [1.807, 2.05) is 13.1 Å². The molecule has 0 fully saturated rings. The van der Waals surface area contributed by atoms with Gasteiger partial charge in [-0.3, -0.25) is 4.40 Å². The maximum absolute atomic E-state index is 11.4. The van der Waals surface area contributed by atoms with Crippen molar-refractivity contribution in [2.24, 2.45) is 0 Å². The van der Waals surface area contributed by atoms with Gasteiger partial charge < -0.3 is 20.1 Å². The van der Waals surface area contributed by atoms with Gasteiger partial charge in [-0.15, -0.1) is 0 Å². The van der Waals surface area contributed by atoms with E-state index in [1.165, 1.54) is 0 Å². The molecule has 21 heavy (non-hydrogen) atoms. The number of hydrogen-bond donors (Lipinski definition) is 2. The molecule has 0 bridgehead atoms. The molecule has 0 spiro atoms. The summed E-state index contributed by atoms with van der Waals surface area (Å²) in [6.45, 7) is 2.89. The number of carboxylic acid groups (broad SMARTS) is 1. The zero-order chi connectivity index (χ0) is 15.2. The van der Waals surface area contributed by atoms with Crippen molar-refractivity contribution in [3.8, 4) is 0 Å². The molecule has 0 aliphatic carbocycles. The molecule has 2 heterocycles. The average Bonchev–Trinajstić information content (AvgIpc) is 2.83. The highest BCUT2D eigenvalue weighted by Gasteiger charge is 2.17. The standard InChI is InChI=1S/C14H20N4O3/c1-17(9-10-21-2)8-6-15-13-12(14(19)20)18-7-4-3-5-11(18)16-13/h3-5,7,15H,6,8-10H2,1-2H3,(H,19,20). The van der Waals surface area contributed by atoms with Gasteiger partial charge in [-0.25, -0.2) is 9.78 Å². The molecule has 0 aliphatic rings. The number of hydrogen-bond acceptors (Lipinski definition) is 5. The molecule has 0 aliphatic heterocycles. The molecule has 7 nitrogen and oxygen atoms in total. The molecule has 2 rings (SSSR count). The number of likely N-dealkylation sites (N-methyl/N-ethyl adjacent to an activating group) is 1. The number of ether oxygens (including phenoxy) is 1. The fourth-order valence-corrected chi connectivity index (χ4v) is 2.05. The lowest BCUT2D eigenvalue weighted by Gasteiger charge is -2.16. The van der Waals surface area contributed by atoms with Crippen LogP contribution in [0.2, 0.25) is 0 Å². The number of anilines is 1. The average molecular weight is 292 g/mol. The molecule has 0 saturated heterocycles. The first-order valence-corrected chi connectivity index (χ1v) is 6.75. The normalized spacial score (nSPS) is 11.2. The Hall–Kier alpha value is -2.12. The van der Waals surface area contributed by atoms with Gasteiger partial charge in [0.15, 0.2) is 11.5 Å². The minimum Gasteiger partial charge on any atom is -0.476 e. The van der Waals surface area contributed by atoms with E-state index in [4.69, 9.17) is 4.74 Å². The number of fused-ring (bicyclic) bond motifs is 1. The van der Waals surface area contributed by atoms with Gasteiger partial charge in [-0.05, 0) is 19.2 Å². The summed E-state index contributed by atoms with van der Waals surface area (Å²) in [7, 11) is 3.66. The Bertz CT molecular complexity index is 611. The van der Waals surface area contributed by atoms with Crippen LogP contribution in [0.15, 0.2) is 24.4 Å². The summed E-state index contributed by atoms with van der Waals surface area (Å²) in [6, 6.07) is 5.39. The van der Waals surface area contributed by atoms with Crippen molar-refractivity contribution >= 4 is 17.4 Å². The van der Waals surface area contributed by atoms with Gasteiger partial charge in [0.1, 0.15) is 5.65 Å². The maximum Gasteiger partial charge on any atom is 0.356 e. The van der Waals surface area contributed by atoms with Crippen LogP contribution in [0.5, 0.6) is 0 Å². The molecule has 2 aromatic rings. The Morgan fingerprint density at radius 2 is 2.29 bits per heavy atom. The van der Waals surface area contributed by atoms with Crippen LogP contribution in [0.1, 0.15) is 10.5 Å². The zero-order valence-corrected chi connectivity index (χ0v) is 12.2. The fourth-order valence-electron chi connectivity index (χ4n) is 2.05. The number of aromatic carboxylic acids is 1. The summed E-state index contributed by atoms with van der Waals surface area (Å²) in [5.74, 6) is -0.599. The van der Waals surface area contributed by atoms with E-state index < -0.39 is 5.97 Å². The van der Waals surface area contributed by atoms with E-state index in [9.17, 15) is 9.90 Å². The van der Waals surface area contributed by atoms with E-state index >= 15 is 0 Å². The van der Waals surface area contributed by atoms with Crippen molar-refractivity contribution in [1.29, 1.82) is 0 Å². The molecule has 0 unspecified atom stereocenters. The highest BCUT2D eigenvalue weighted by Crippen LogP contribution is 2.17. The van der Waals surface area contributed by atoms with Gasteiger partial charge >= 0.3 is 5.97 Å². The number of carboxylic acids is 1. The number of pyridine rings is 1. The van der Waals surface area contributed by atoms with E-state index in [-0.39, 0.29) is 5.69 Å². The van der Waals surface area contributed by atoms with E-state index in [2.05, 4.69) is 15.2 Å². The number of aromatic nitrogens is 2. The Balaban J connectivity index is 2.04. The molecule has 2 N–H and O–H groups in total. The molecule has 0 amide bonds. The van der Waals surface area contributed by atoms with Crippen LogP contribution >= 0.6 is 0 Å². The summed E-state index contributed by atoms with van der Waals surface area (Å²) in [5.41, 5.74) is 0.773. The molecule has 0 saturated carbocycles. The van der Waals surface area contributed by atoms with Crippen molar-refractivity contribution in [3.05, 3.63) is 30.1 Å². The van der Waals surface area contributed by atoms with Gasteiger partial charge in [0.2, 0.25) is 0 Å². The second-order valence-electron chi connectivity index (χ2n) is 4.77. The lowest BCUT2D eigenvalue weighted by Crippen LogP contribution is -2.28. The van der Waals surface area contributed by atoms with Crippen LogP contribution < -0.4 is 5.32 Å². The molecule has 114 valence electrons. The fraction of sp³-hybridized carbons (Fsp3) is 0.429. The van der Waals surface area contributed by atoms with Crippen LogP contribution in [0.25, 0.3) is 5.65 Å². The zero-order valence-electron chi connectivity index (χ0n) is 12.2. The number of rotatable bonds is 8. The number of carbonyl (C=O) groups is 1. The van der Waals surface area contributed by atoms with Crippen molar-refractivity contribution in [2.45, 2.75) is 0 Å². The topological polar surface area (TPSA) is 79.1 Å². The molecule has 2 aromatic heterocycles. The van der Waals surface area contributed by atoms with Crippen LogP contribution in [0, 0.1) is 0 Å². The summed E-state index contributed by atoms with van der Waals surface area (Å²) >= 11 is 0. The Labute approximate surface area is 123 Å². The van der Waals surface area contributed by atoms with E-state index in [1.54, 1.807) is 29.8 Å². The van der Waals surface area contributed by atoms with Gasteiger partial charge in [0, 0.05) is 32.9 Å². The summed E-state index contributed by atoms with van der Waals surface area (Å²) in [4.78, 5) is 17.8. The number of nitrogens with one attached hydrogen (secondary N) is 1. The van der Waals surface area contributed by atoms with Crippen molar-refractivity contribution in [2.75, 3.05) is 45.7 Å². The molecule has 7 heteroatoms. The second kappa shape index (κ2) is 7.05. The third kappa shape index (κ3) is 3.71. The molecular formula is C14H20N4O3. The smallest absolute Gasteiger partial charge is 0.356 e. The minimum atomic E-state index is -0.996. The molecule has 0 atom stereocenters. The second-order valence-corrected chi connectivity index (χ2v) is 4.77. The molecular weight excluding hydrogens is 272 g/mol. The predicted molar refractivity (Wildman–Crippen MR) is 80.0 cm³/mol. The summed E-state index contributed by atoms with van der Waals surface area (Å²) in [6.07, 6.45) is 1.70. The lowest BCUT2D eigenvalue weighted by molar-refractivity contribution is 0.0690. The first-order valence-electron chi connectivity index (χ1n) is 6.75. The highest BCUT2D eigenvalue weighted by molar-refractivity contribution is 5.92. The van der Waals surface area contributed by atoms with E-state index in [0.29, 0.717) is 24.6 Å². The number of imidazole rings is 1. The molecule has 0 aromatic carbocycles. The monoisotopic (exact) mass is 292 g/mol. The first kappa shape index (κ1) is 15.3. The lowest BCUT2D eigenvalue weighted by atomic mass is 10.4. The van der Waals surface area contributed by atoms with Crippen LogP contribution in [-0.4, -0.2) is 65.8 Å². The van der Waals surface area contributed by atoms with Crippen LogP contribution in [0.3, 0.4) is 0 Å². The Morgan fingerprint density at radius 1 is 1.48 bits per heavy atom. The van der Waals surface area contributed by atoms with Crippen molar-refractivity contribution in [1.82, 2.24) is 14.3 Å².